The summed E-state index contributed by atoms with van der Waals surface area (Å²) in [6.07, 6.45) is 3.59. The number of carbonyl (C=O) groups is 1. The number of aliphatic hydroxyl groups is 1. The number of carbonyl (C=O) groups excluding carboxylic acids is 1. The van der Waals surface area contributed by atoms with Crippen molar-refractivity contribution < 1.29 is 14.6 Å². The monoisotopic (exact) mass is 469 g/mol. The number of halogens is 1. The summed E-state index contributed by atoms with van der Waals surface area (Å²) in [5, 5.41) is 17.9. The molecule has 1 N–H and O–H groups in total. The van der Waals surface area contributed by atoms with Crippen LogP contribution < -0.4 is 4.74 Å². The van der Waals surface area contributed by atoms with E-state index in [1.54, 1.807) is 17.9 Å². The van der Waals surface area contributed by atoms with Crippen LogP contribution in [0.4, 0.5) is 0 Å². The second kappa shape index (κ2) is 10.8. The van der Waals surface area contributed by atoms with Crippen molar-refractivity contribution in [3.63, 3.8) is 0 Å². The average Bonchev–Trinajstić information content (AvgIpc) is 3.31. The highest BCUT2D eigenvalue weighted by molar-refractivity contribution is 6.30. The summed E-state index contributed by atoms with van der Waals surface area (Å²) >= 11 is 5.94. The number of piperidine rings is 1. The third kappa shape index (κ3) is 6.10. The lowest BCUT2D eigenvalue weighted by atomic mass is 10.0. The van der Waals surface area contributed by atoms with Gasteiger partial charge in [-0.25, -0.2) is 4.68 Å². The van der Waals surface area contributed by atoms with Gasteiger partial charge in [0.2, 0.25) is 0 Å². The van der Waals surface area contributed by atoms with Gasteiger partial charge in [-0.1, -0.05) is 28.9 Å². The molecule has 2 aromatic carbocycles. The fraction of sp³-hybridized carbons (Fsp3) is 0.375. The minimum Gasteiger partial charge on any atom is -0.457 e. The minimum absolute atomic E-state index is 0.0784. The summed E-state index contributed by atoms with van der Waals surface area (Å²) in [5.41, 5.74) is 1.51. The summed E-state index contributed by atoms with van der Waals surface area (Å²) in [5.74, 6) is 1.33. The largest absolute Gasteiger partial charge is 0.457 e. The van der Waals surface area contributed by atoms with Gasteiger partial charge >= 0.3 is 0 Å². The normalized spacial score (nSPS) is 14.9. The highest BCUT2D eigenvalue weighted by atomic mass is 35.5. The quantitative estimate of drug-likeness (QED) is 0.542. The highest BCUT2D eigenvalue weighted by Crippen LogP contribution is 2.26. The first kappa shape index (κ1) is 23.2. The Bertz CT molecular complexity index is 1060. The van der Waals surface area contributed by atoms with Gasteiger partial charge in [0.25, 0.3) is 5.91 Å². The molecule has 0 spiro atoms. The number of aliphatic hydroxyl groups excluding tert-OH is 1. The Morgan fingerprint density at radius 1 is 1.18 bits per heavy atom. The molecule has 3 aromatic rings. The minimum atomic E-state index is -0.228. The van der Waals surface area contributed by atoms with E-state index in [4.69, 9.17) is 21.4 Å². The third-order valence-electron chi connectivity index (χ3n) is 5.80. The number of hydrogen-bond acceptors (Lipinski definition) is 6. The zero-order chi connectivity index (χ0) is 23.2. The van der Waals surface area contributed by atoms with Crippen molar-refractivity contribution in [2.24, 2.45) is 0 Å². The van der Waals surface area contributed by atoms with E-state index >= 15 is 0 Å². The molecule has 1 saturated heterocycles. The molecule has 33 heavy (non-hydrogen) atoms. The molecule has 4 rings (SSSR count). The van der Waals surface area contributed by atoms with E-state index in [1.165, 1.54) is 10.5 Å². The molecule has 0 unspecified atom stereocenters. The lowest BCUT2D eigenvalue weighted by Crippen LogP contribution is -2.34. The van der Waals surface area contributed by atoms with Crippen LogP contribution in [0, 0.1) is 0 Å². The number of aromatic nitrogens is 3. The summed E-state index contributed by atoms with van der Waals surface area (Å²) in [6.45, 7) is 2.90. The summed E-state index contributed by atoms with van der Waals surface area (Å²) in [4.78, 5) is 16.2. The number of nitrogens with zero attached hydrogens (tertiary/aromatic N) is 5. The molecular weight excluding hydrogens is 442 g/mol. The van der Waals surface area contributed by atoms with Crippen molar-refractivity contribution in [2.45, 2.75) is 25.4 Å². The van der Waals surface area contributed by atoms with Gasteiger partial charge in [0.05, 0.1) is 18.8 Å². The number of benzene rings is 2. The van der Waals surface area contributed by atoms with Gasteiger partial charge in [-0.15, -0.1) is 5.10 Å². The van der Waals surface area contributed by atoms with Crippen molar-refractivity contribution in [1.29, 1.82) is 0 Å². The Kier molecular flexibility index (Phi) is 7.59. The van der Waals surface area contributed by atoms with Crippen molar-refractivity contribution in [1.82, 2.24) is 24.8 Å². The van der Waals surface area contributed by atoms with Crippen molar-refractivity contribution in [3.05, 3.63) is 71.0 Å². The van der Waals surface area contributed by atoms with Crippen LogP contribution in [0.2, 0.25) is 5.02 Å². The number of hydrogen-bond donors (Lipinski definition) is 1. The van der Waals surface area contributed by atoms with Crippen LogP contribution >= 0.6 is 11.6 Å². The molecule has 0 bridgehead atoms. The van der Waals surface area contributed by atoms with Crippen LogP contribution in [0.1, 0.15) is 34.9 Å². The Hall–Kier alpha value is -2.94. The molecule has 2 heterocycles. The van der Waals surface area contributed by atoms with Crippen LogP contribution in [0.15, 0.2) is 54.7 Å². The first-order valence-corrected chi connectivity index (χ1v) is 11.4. The van der Waals surface area contributed by atoms with Crippen LogP contribution in [0.3, 0.4) is 0 Å². The van der Waals surface area contributed by atoms with Crippen LogP contribution in [-0.4, -0.2) is 69.1 Å². The molecule has 1 aliphatic heterocycles. The predicted molar refractivity (Wildman–Crippen MR) is 126 cm³/mol. The summed E-state index contributed by atoms with van der Waals surface area (Å²) in [6, 6.07) is 15.7. The average molecular weight is 470 g/mol. The molecule has 0 saturated carbocycles. The molecule has 1 amide bonds. The Balaban J connectivity index is 1.30. The number of likely N-dealkylation sites (N-methyl/N-ethyl adjacent to an activating group) is 1. The molecule has 0 atom stereocenters. The van der Waals surface area contributed by atoms with E-state index in [0.717, 1.165) is 44.0 Å². The molecule has 1 fully saturated rings. The second-order valence-electron chi connectivity index (χ2n) is 8.24. The van der Waals surface area contributed by atoms with Gasteiger partial charge in [-0.05, 0) is 54.8 Å². The van der Waals surface area contributed by atoms with E-state index in [9.17, 15) is 4.79 Å². The van der Waals surface area contributed by atoms with E-state index in [2.05, 4.69) is 27.3 Å². The van der Waals surface area contributed by atoms with Gasteiger partial charge in [-0.3, -0.25) is 9.69 Å². The maximum absolute atomic E-state index is 12.3. The maximum atomic E-state index is 12.3. The van der Waals surface area contributed by atoms with Gasteiger partial charge in [0, 0.05) is 38.2 Å². The highest BCUT2D eigenvalue weighted by Gasteiger charge is 2.23. The fourth-order valence-electron chi connectivity index (χ4n) is 3.95. The first-order chi connectivity index (χ1) is 16.0. The third-order valence-corrected chi connectivity index (χ3v) is 6.05. The molecule has 9 heteroatoms. The standard InChI is InChI=1S/C24H28ClN5O3/c1-28(13-14-31)24(32)23-17-30(27-26-23)20-9-11-29(12-10-20)16-18-3-2-4-22(15-18)33-21-7-5-19(25)6-8-21/h2-8,15,17,20,31H,9-14,16H2,1H3. The topological polar surface area (TPSA) is 83.7 Å². The molecule has 0 radical (unpaired) electrons. The smallest absolute Gasteiger partial charge is 0.275 e. The van der Waals surface area contributed by atoms with E-state index in [1.807, 2.05) is 36.4 Å². The molecule has 1 aromatic heterocycles. The Labute approximate surface area is 198 Å². The van der Waals surface area contributed by atoms with Crippen LogP contribution in [-0.2, 0) is 6.54 Å². The summed E-state index contributed by atoms with van der Waals surface area (Å²) in [7, 11) is 1.64. The second-order valence-corrected chi connectivity index (χ2v) is 8.68. The van der Waals surface area contributed by atoms with E-state index < -0.39 is 0 Å². The van der Waals surface area contributed by atoms with Crippen molar-refractivity contribution in [2.75, 3.05) is 33.3 Å². The summed E-state index contributed by atoms with van der Waals surface area (Å²) < 4.78 is 7.75. The Morgan fingerprint density at radius 3 is 2.67 bits per heavy atom. The first-order valence-electron chi connectivity index (χ1n) is 11.0. The maximum Gasteiger partial charge on any atom is 0.275 e. The van der Waals surface area contributed by atoms with Gasteiger partial charge in [-0.2, -0.15) is 0 Å². The lowest BCUT2D eigenvalue weighted by Gasteiger charge is -2.31. The molecule has 174 valence electrons. The molecular formula is C24H28ClN5O3. The Morgan fingerprint density at radius 2 is 1.94 bits per heavy atom. The number of ether oxygens (including phenoxy) is 1. The van der Waals surface area contributed by atoms with E-state index in [0.29, 0.717) is 10.7 Å². The zero-order valence-corrected chi connectivity index (χ0v) is 19.4. The fourth-order valence-corrected chi connectivity index (χ4v) is 4.07. The van der Waals surface area contributed by atoms with Crippen molar-refractivity contribution >= 4 is 17.5 Å². The SMILES string of the molecule is CN(CCO)C(=O)c1cn(C2CCN(Cc3cccc(Oc4ccc(Cl)cc4)c3)CC2)nn1. The number of amides is 1. The van der Waals surface area contributed by atoms with Crippen LogP contribution in [0.25, 0.3) is 0 Å². The number of likely N-dealkylation sites (tertiary alicyclic amines) is 1. The van der Waals surface area contributed by atoms with Gasteiger partial charge < -0.3 is 14.7 Å². The van der Waals surface area contributed by atoms with Crippen molar-refractivity contribution in [3.8, 4) is 11.5 Å². The molecule has 1 aliphatic rings. The van der Waals surface area contributed by atoms with Gasteiger partial charge in [0.15, 0.2) is 5.69 Å². The van der Waals surface area contributed by atoms with Crippen LogP contribution in [0.5, 0.6) is 11.5 Å². The zero-order valence-electron chi connectivity index (χ0n) is 18.6. The van der Waals surface area contributed by atoms with Gasteiger partial charge in [0.1, 0.15) is 11.5 Å². The lowest BCUT2D eigenvalue weighted by molar-refractivity contribution is 0.0761. The number of rotatable bonds is 8. The molecule has 8 nitrogen and oxygen atoms in total. The predicted octanol–water partition coefficient (Wildman–Crippen LogP) is 3.63. The van der Waals surface area contributed by atoms with E-state index in [-0.39, 0.29) is 25.1 Å². The molecule has 0 aliphatic carbocycles.